The average Bonchev–Trinajstić information content (AvgIpc) is 2.65. The van der Waals surface area contributed by atoms with Crippen molar-refractivity contribution in [2.24, 2.45) is 0 Å². The van der Waals surface area contributed by atoms with Crippen LogP contribution in [0.2, 0.25) is 0 Å². The van der Waals surface area contributed by atoms with Crippen LogP contribution in [-0.4, -0.2) is 58.8 Å². The van der Waals surface area contributed by atoms with Crippen molar-refractivity contribution >= 4 is 0 Å². The molecule has 2 aliphatic rings. The van der Waals surface area contributed by atoms with Crippen LogP contribution in [0.25, 0.3) is 0 Å². The van der Waals surface area contributed by atoms with E-state index in [9.17, 15) is 5.11 Å². The molecule has 0 aromatic heterocycles. The standard InChI is InChI=1S/C15H30N2O/c1-14(2,3)17-11-6-7-15(18,8-12-17)13-16-9-4-5-10-16/h18H,4-13H2,1-3H3. The van der Waals surface area contributed by atoms with Crippen molar-refractivity contribution in [3.8, 4) is 0 Å². The Kier molecular flexibility index (Phi) is 4.35. The fourth-order valence-electron chi connectivity index (χ4n) is 3.36. The largest absolute Gasteiger partial charge is 0.389 e. The first-order chi connectivity index (χ1) is 8.39. The van der Waals surface area contributed by atoms with Crippen molar-refractivity contribution < 1.29 is 5.11 Å². The molecule has 3 nitrogen and oxygen atoms in total. The van der Waals surface area contributed by atoms with E-state index in [1.54, 1.807) is 0 Å². The Bertz CT molecular complexity index is 268. The molecular formula is C15H30N2O. The molecule has 2 rings (SSSR count). The maximum absolute atomic E-state index is 10.8. The maximum atomic E-state index is 10.8. The Morgan fingerprint density at radius 1 is 0.944 bits per heavy atom. The molecular weight excluding hydrogens is 224 g/mol. The number of β-amino-alcohol motifs (C(OH)–C–C–N with tert-alkyl or cyclic N) is 1. The molecule has 0 bridgehead atoms. The fraction of sp³-hybridized carbons (Fsp3) is 1.00. The Hall–Kier alpha value is -0.120. The van der Waals surface area contributed by atoms with E-state index < -0.39 is 5.60 Å². The molecule has 0 spiro atoms. The molecule has 0 saturated carbocycles. The first-order valence-corrected chi connectivity index (χ1v) is 7.59. The highest BCUT2D eigenvalue weighted by Gasteiger charge is 2.35. The van der Waals surface area contributed by atoms with Gasteiger partial charge in [-0.2, -0.15) is 0 Å². The molecule has 1 unspecified atom stereocenters. The van der Waals surface area contributed by atoms with Gasteiger partial charge in [-0.15, -0.1) is 0 Å². The minimum Gasteiger partial charge on any atom is -0.389 e. The molecule has 0 aliphatic carbocycles. The Morgan fingerprint density at radius 3 is 2.22 bits per heavy atom. The van der Waals surface area contributed by atoms with Crippen molar-refractivity contribution in [1.29, 1.82) is 0 Å². The molecule has 2 fully saturated rings. The minimum atomic E-state index is -0.440. The van der Waals surface area contributed by atoms with Gasteiger partial charge < -0.3 is 10.0 Å². The Balaban J connectivity index is 1.90. The van der Waals surface area contributed by atoms with Crippen molar-refractivity contribution in [3.63, 3.8) is 0 Å². The molecule has 0 aromatic rings. The van der Waals surface area contributed by atoms with Crippen LogP contribution in [0.4, 0.5) is 0 Å². The topological polar surface area (TPSA) is 26.7 Å². The zero-order valence-electron chi connectivity index (χ0n) is 12.4. The van der Waals surface area contributed by atoms with E-state index in [1.165, 1.54) is 25.9 Å². The van der Waals surface area contributed by atoms with Gasteiger partial charge in [0.25, 0.3) is 0 Å². The smallest absolute Gasteiger partial charge is 0.0786 e. The Morgan fingerprint density at radius 2 is 1.61 bits per heavy atom. The van der Waals surface area contributed by atoms with Gasteiger partial charge in [0.05, 0.1) is 5.60 Å². The third-order valence-electron chi connectivity index (χ3n) is 4.58. The summed E-state index contributed by atoms with van der Waals surface area (Å²) in [7, 11) is 0. The molecule has 0 amide bonds. The van der Waals surface area contributed by atoms with Crippen LogP contribution in [0.3, 0.4) is 0 Å². The zero-order valence-corrected chi connectivity index (χ0v) is 12.4. The molecule has 2 saturated heterocycles. The van der Waals surface area contributed by atoms with E-state index in [4.69, 9.17) is 0 Å². The van der Waals surface area contributed by atoms with Gasteiger partial charge in [0.2, 0.25) is 0 Å². The lowest BCUT2D eigenvalue weighted by molar-refractivity contribution is -0.00540. The number of hydrogen-bond acceptors (Lipinski definition) is 3. The summed E-state index contributed by atoms with van der Waals surface area (Å²) in [6, 6.07) is 0. The first kappa shape index (κ1) is 14.3. The van der Waals surface area contributed by atoms with Crippen LogP contribution in [0.15, 0.2) is 0 Å². The van der Waals surface area contributed by atoms with Crippen molar-refractivity contribution in [3.05, 3.63) is 0 Å². The first-order valence-electron chi connectivity index (χ1n) is 7.59. The second-order valence-electron chi connectivity index (χ2n) is 7.22. The number of nitrogens with zero attached hydrogens (tertiary/aromatic N) is 2. The molecule has 106 valence electrons. The van der Waals surface area contributed by atoms with Gasteiger partial charge in [-0.25, -0.2) is 0 Å². The number of aliphatic hydroxyl groups is 1. The van der Waals surface area contributed by atoms with Gasteiger partial charge in [0.1, 0.15) is 0 Å². The minimum absolute atomic E-state index is 0.235. The molecule has 1 N–H and O–H groups in total. The molecule has 18 heavy (non-hydrogen) atoms. The van der Waals surface area contributed by atoms with Crippen molar-refractivity contribution in [1.82, 2.24) is 9.80 Å². The van der Waals surface area contributed by atoms with Crippen LogP contribution in [0.1, 0.15) is 52.9 Å². The predicted octanol–water partition coefficient (Wildman–Crippen LogP) is 2.10. The second-order valence-corrected chi connectivity index (χ2v) is 7.22. The summed E-state index contributed by atoms with van der Waals surface area (Å²) in [5.74, 6) is 0. The van der Waals surface area contributed by atoms with Crippen LogP contribution in [-0.2, 0) is 0 Å². The van der Waals surface area contributed by atoms with Crippen LogP contribution >= 0.6 is 0 Å². The lowest BCUT2D eigenvalue weighted by Crippen LogP contribution is -2.45. The SMILES string of the molecule is CC(C)(C)N1CCCC(O)(CN2CCCC2)CC1. The van der Waals surface area contributed by atoms with Crippen molar-refractivity contribution in [2.45, 2.75) is 64.0 Å². The third-order valence-corrected chi connectivity index (χ3v) is 4.58. The lowest BCUT2D eigenvalue weighted by Gasteiger charge is -2.35. The summed E-state index contributed by atoms with van der Waals surface area (Å²) in [4.78, 5) is 4.97. The normalized spacial score (nSPS) is 32.7. The number of rotatable bonds is 2. The summed E-state index contributed by atoms with van der Waals surface area (Å²) < 4.78 is 0. The van der Waals surface area contributed by atoms with Crippen LogP contribution in [0, 0.1) is 0 Å². The molecule has 0 radical (unpaired) electrons. The Labute approximate surface area is 112 Å². The molecule has 1 atom stereocenters. The molecule has 2 aliphatic heterocycles. The van der Waals surface area contributed by atoms with Gasteiger partial charge in [-0.1, -0.05) is 0 Å². The highest BCUT2D eigenvalue weighted by Crippen LogP contribution is 2.28. The average molecular weight is 254 g/mol. The maximum Gasteiger partial charge on any atom is 0.0786 e. The highest BCUT2D eigenvalue weighted by molar-refractivity contribution is 4.90. The van der Waals surface area contributed by atoms with Gasteiger partial charge in [-0.3, -0.25) is 4.90 Å². The van der Waals surface area contributed by atoms with E-state index in [0.717, 1.165) is 38.9 Å². The summed E-state index contributed by atoms with van der Waals surface area (Å²) in [6.07, 6.45) is 5.65. The van der Waals surface area contributed by atoms with E-state index >= 15 is 0 Å². The van der Waals surface area contributed by atoms with Crippen LogP contribution < -0.4 is 0 Å². The van der Waals surface area contributed by atoms with Gasteiger partial charge in [-0.05, 0) is 72.5 Å². The summed E-state index contributed by atoms with van der Waals surface area (Å²) >= 11 is 0. The van der Waals surface area contributed by atoms with E-state index in [-0.39, 0.29) is 5.54 Å². The molecule has 3 heteroatoms. The monoisotopic (exact) mass is 254 g/mol. The number of likely N-dealkylation sites (tertiary alicyclic amines) is 2. The van der Waals surface area contributed by atoms with Gasteiger partial charge >= 0.3 is 0 Å². The van der Waals surface area contributed by atoms with E-state index in [0.29, 0.717) is 0 Å². The van der Waals surface area contributed by atoms with Gasteiger partial charge in [0, 0.05) is 18.6 Å². The van der Waals surface area contributed by atoms with E-state index in [2.05, 4.69) is 30.6 Å². The highest BCUT2D eigenvalue weighted by atomic mass is 16.3. The summed E-state index contributed by atoms with van der Waals surface area (Å²) in [6.45, 7) is 12.3. The number of hydrogen-bond donors (Lipinski definition) is 1. The fourth-order valence-corrected chi connectivity index (χ4v) is 3.36. The van der Waals surface area contributed by atoms with E-state index in [1.807, 2.05) is 0 Å². The van der Waals surface area contributed by atoms with Gasteiger partial charge in [0.15, 0.2) is 0 Å². The predicted molar refractivity (Wildman–Crippen MR) is 75.8 cm³/mol. The second kappa shape index (κ2) is 5.48. The third kappa shape index (κ3) is 3.69. The van der Waals surface area contributed by atoms with Crippen molar-refractivity contribution in [2.75, 3.05) is 32.7 Å². The zero-order chi connectivity index (χ0) is 13.2. The quantitative estimate of drug-likeness (QED) is 0.817. The lowest BCUT2D eigenvalue weighted by atomic mass is 9.94. The van der Waals surface area contributed by atoms with Crippen LogP contribution in [0.5, 0.6) is 0 Å². The molecule has 2 heterocycles. The summed E-state index contributed by atoms with van der Waals surface area (Å²) in [5.41, 5.74) is -0.205. The molecule has 0 aromatic carbocycles. The summed E-state index contributed by atoms with van der Waals surface area (Å²) in [5, 5.41) is 10.8.